The third-order valence-electron chi connectivity index (χ3n) is 6.78. The molecule has 0 spiro atoms. The summed E-state index contributed by atoms with van der Waals surface area (Å²) in [6, 6.07) is 18.8. The van der Waals surface area contributed by atoms with Crippen molar-refractivity contribution in [2.24, 2.45) is 0 Å². The minimum atomic E-state index is -0.256. The maximum Gasteiger partial charge on any atom is 0.126 e. The Morgan fingerprint density at radius 2 is 1.86 bits per heavy atom. The van der Waals surface area contributed by atoms with Gasteiger partial charge in [-0.15, -0.1) is 0 Å². The highest BCUT2D eigenvalue weighted by molar-refractivity contribution is 5.80. The van der Waals surface area contributed by atoms with Crippen LogP contribution < -0.4 is 10.1 Å². The number of anilines is 1. The molecule has 37 heavy (non-hydrogen) atoms. The van der Waals surface area contributed by atoms with Crippen LogP contribution in [0.3, 0.4) is 0 Å². The molecule has 7 heteroatoms. The molecule has 2 aromatic heterocycles. The van der Waals surface area contributed by atoms with Crippen LogP contribution in [0.5, 0.6) is 5.75 Å². The second-order valence-corrected chi connectivity index (χ2v) is 9.37. The molecule has 1 aliphatic rings. The number of aryl methyl sites for hydroxylation is 1. The molecule has 5 rings (SSSR count). The standard InChI is InChI=1S/C30H33FN4O2/c1-3-4-16-32-27-18-23(15-17-33-27)30-29(22-7-9-24(31)10-8-22)34-28-14-11-25(35(28)30)20-37-19-21-5-12-26(36-2)13-6-21/h5-10,12-13,15,17-18,25H,3-4,11,14,16,19-20H2,1-2H3,(H,32,33). The van der Waals surface area contributed by atoms with E-state index in [1.807, 2.05) is 36.5 Å². The number of rotatable bonds is 11. The quantitative estimate of drug-likeness (QED) is 0.233. The molecular formula is C30H33FN4O2. The lowest BCUT2D eigenvalue weighted by molar-refractivity contribution is 0.0925. The van der Waals surface area contributed by atoms with Crippen molar-refractivity contribution in [3.63, 3.8) is 0 Å². The molecule has 2 aromatic carbocycles. The number of pyridine rings is 1. The number of hydrogen-bond acceptors (Lipinski definition) is 5. The average molecular weight is 501 g/mol. The molecule has 0 aliphatic carbocycles. The minimum Gasteiger partial charge on any atom is -0.497 e. The lowest BCUT2D eigenvalue weighted by Gasteiger charge is -2.18. The van der Waals surface area contributed by atoms with Crippen molar-refractivity contribution < 1.29 is 13.9 Å². The fraction of sp³-hybridized carbons (Fsp3) is 0.333. The minimum absolute atomic E-state index is 0.162. The van der Waals surface area contributed by atoms with Crippen LogP contribution in [0.25, 0.3) is 22.5 Å². The van der Waals surface area contributed by atoms with Crippen LogP contribution in [0.4, 0.5) is 10.2 Å². The van der Waals surface area contributed by atoms with Crippen LogP contribution >= 0.6 is 0 Å². The van der Waals surface area contributed by atoms with Crippen LogP contribution in [0.2, 0.25) is 0 Å². The summed E-state index contributed by atoms with van der Waals surface area (Å²) in [5, 5.41) is 3.43. The summed E-state index contributed by atoms with van der Waals surface area (Å²) >= 11 is 0. The molecule has 1 unspecified atom stereocenters. The molecule has 192 valence electrons. The van der Waals surface area contributed by atoms with Crippen molar-refractivity contribution in [1.82, 2.24) is 14.5 Å². The van der Waals surface area contributed by atoms with Crippen LogP contribution in [0, 0.1) is 5.82 Å². The number of ether oxygens (including phenoxy) is 2. The zero-order chi connectivity index (χ0) is 25.6. The fourth-order valence-corrected chi connectivity index (χ4v) is 4.82. The molecule has 3 heterocycles. The highest BCUT2D eigenvalue weighted by Gasteiger charge is 2.30. The fourth-order valence-electron chi connectivity index (χ4n) is 4.82. The number of nitrogens with zero attached hydrogens (tertiary/aromatic N) is 3. The number of benzene rings is 2. The number of hydrogen-bond donors (Lipinski definition) is 1. The highest BCUT2D eigenvalue weighted by Crippen LogP contribution is 2.40. The van der Waals surface area contributed by atoms with E-state index in [1.165, 1.54) is 12.1 Å². The van der Waals surface area contributed by atoms with Gasteiger partial charge in [0.05, 0.1) is 37.8 Å². The van der Waals surface area contributed by atoms with E-state index in [-0.39, 0.29) is 11.9 Å². The Bertz CT molecular complexity index is 1320. The van der Waals surface area contributed by atoms with E-state index in [2.05, 4.69) is 27.9 Å². The number of methoxy groups -OCH3 is 1. The first kappa shape index (κ1) is 25.0. The number of imidazole rings is 1. The van der Waals surface area contributed by atoms with Crippen LogP contribution in [-0.2, 0) is 17.8 Å². The Morgan fingerprint density at radius 3 is 2.62 bits per heavy atom. The maximum absolute atomic E-state index is 13.7. The van der Waals surface area contributed by atoms with Crippen LogP contribution in [-0.4, -0.2) is 34.8 Å². The van der Waals surface area contributed by atoms with Gasteiger partial charge in [0, 0.05) is 30.3 Å². The van der Waals surface area contributed by atoms with Gasteiger partial charge < -0.3 is 19.4 Å². The predicted molar refractivity (Wildman–Crippen MR) is 144 cm³/mol. The van der Waals surface area contributed by atoms with Gasteiger partial charge in [-0.1, -0.05) is 25.5 Å². The van der Waals surface area contributed by atoms with E-state index < -0.39 is 0 Å². The number of aromatic nitrogens is 3. The third-order valence-corrected chi connectivity index (χ3v) is 6.78. The Hall–Kier alpha value is -3.71. The van der Waals surface area contributed by atoms with E-state index in [4.69, 9.17) is 14.5 Å². The second kappa shape index (κ2) is 11.6. The highest BCUT2D eigenvalue weighted by atomic mass is 19.1. The van der Waals surface area contributed by atoms with E-state index in [0.29, 0.717) is 13.2 Å². The first-order chi connectivity index (χ1) is 18.2. The molecule has 4 aromatic rings. The average Bonchev–Trinajstić information content (AvgIpc) is 3.50. The van der Waals surface area contributed by atoms with Crippen LogP contribution in [0.15, 0.2) is 66.9 Å². The summed E-state index contributed by atoms with van der Waals surface area (Å²) in [6.45, 7) is 4.17. The molecule has 1 N–H and O–H groups in total. The van der Waals surface area contributed by atoms with Gasteiger partial charge in [0.1, 0.15) is 23.2 Å². The number of halogens is 1. The monoisotopic (exact) mass is 500 g/mol. The Labute approximate surface area is 217 Å². The van der Waals surface area contributed by atoms with E-state index in [9.17, 15) is 4.39 Å². The van der Waals surface area contributed by atoms with Gasteiger partial charge in [-0.3, -0.25) is 0 Å². The normalized spacial score (nSPS) is 14.5. The molecule has 0 saturated carbocycles. The van der Waals surface area contributed by atoms with Crippen molar-refractivity contribution in [1.29, 1.82) is 0 Å². The second-order valence-electron chi connectivity index (χ2n) is 9.37. The summed E-state index contributed by atoms with van der Waals surface area (Å²) in [4.78, 5) is 9.56. The molecule has 1 atom stereocenters. The number of unbranched alkanes of at least 4 members (excludes halogenated alkanes) is 1. The van der Waals surface area contributed by atoms with E-state index in [0.717, 1.165) is 77.7 Å². The lowest BCUT2D eigenvalue weighted by Crippen LogP contribution is -2.13. The van der Waals surface area contributed by atoms with Gasteiger partial charge in [0.15, 0.2) is 0 Å². The Morgan fingerprint density at radius 1 is 1.05 bits per heavy atom. The first-order valence-electron chi connectivity index (χ1n) is 12.9. The summed E-state index contributed by atoms with van der Waals surface area (Å²) in [5.74, 6) is 2.45. The maximum atomic E-state index is 13.7. The molecule has 0 radical (unpaired) electrons. The summed E-state index contributed by atoms with van der Waals surface area (Å²) in [7, 11) is 1.67. The number of fused-ring (bicyclic) bond motifs is 1. The SMILES string of the molecule is CCCCNc1cc(-c2c(-c3ccc(F)cc3)nc3n2C(COCc2ccc(OC)cc2)CC3)ccn1. The largest absolute Gasteiger partial charge is 0.497 e. The lowest BCUT2D eigenvalue weighted by atomic mass is 10.0. The predicted octanol–water partition coefficient (Wildman–Crippen LogP) is 6.68. The Balaban J connectivity index is 1.44. The topological polar surface area (TPSA) is 61.2 Å². The van der Waals surface area contributed by atoms with E-state index in [1.54, 1.807) is 19.2 Å². The zero-order valence-electron chi connectivity index (χ0n) is 21.4. The van der Waals surface area contributed by atoms with Gasteiger partial charge in [0.25, 0.3) is 0 Å². The molecule has 0 bridgehead atoms. The van der Waals surface area contributed by atoms with Crippen molar-refractivity contribution in [2.75, 3.05) is 25.6 Å². The van der Waals surface area contributed by atoms with Gasteiger partial charge in [-0.25, -0.2) is 14.4 Å². The summed E-state index contributed by atoms with van der Waals surface area (Å²) < 4.78 is 27.5. The van der Waals surface area contributed by atoms with Gasteiger partial charge in [0.2, 0.25) is 0 Å². The first-order valence-corrected chi connectivity index (χ1v) is 12.9. The third kappa shape index (κ3) is 5.67. The summed E-state index contributed by atoms with van der Waals surface area (Å²) in [6.07, 6.45) is 5.88. The molecule has 6 nitrogen and oxygen atoms in total. The molecular weight excluding hydrogens is 467 g/mol. The van der Waals surface area contributed by atoms with Crippen molar-refractivity contribution in [3.05, 3.63) is 84.1 Å². The molecule has 0 fully saturated rings. The van der Waals surface area contributed by atoms with Crippen LogP contribution in [0.1, 0.15) is 43.6 Å². The van der Waals surface area contributed by atoms with Crippen molar-refractivity contribution in [3.8, 4) is 28.3 Å². The van der Waals surface area contributed by atoms with Gasteiger partial charge in [-0.05, 0) is 66.9 Å². The smallest absolute Gasteiger partial charge is 0.126 e. The zero-order valence-corrected chi connectivity index (χ0v) is 21.4. The summed E-state index contributed by atoms with van der Waals surface area (Å²) in [5.41, 5.74) is 4.93. The van der Waals surface area contributed by atoms with Crippen molar-refractivity contribution in [2.45, 2.75) is 45.3 Å². The van der Waals surface area contributed by atoms with Gasteiger partial charge >= 0.3 is 0 Å². The number of nitrogens with one attached hydrogen (secondary N) is 1. The Kier molecular flexibility index (Phi) is 7.80. The van der Waals surface area contributed by atoms with Gasteiger partial charge in [-0.2, -0.15) is 0 Å². The molecule has 0 amide bonds. The molecule has 0 saturated heterocycles. The van der Waals surface area contributed by atoms with E-state index >= 15 is 0 Å². The van der Waals surface area contributed by atoms with Crippen molar-refractivity contribution >= 4 is 5.82 Å². The molecule has 1 aliphatic heterocycles.